The second kappa shape index (κ2) is 5.19. The van der Waals surface area contributed by atoms with Crippen molar-refractivity contribution in [2.45, 2.75) is 33.0 Å². The maximum Gasteiger partial charge on any atom is 0.0806 e. The van der Waals surface area contributed by atoms with Gasteiger partial charge in [-0.05, 0) is 43.2 Å². The molecule has 90 valence electrons. The quantitative estimate of drug-likeness (QED) is 0.766. The lowest BCUT2D eigenvalue weighted by Crippen LogP contribution is -2.07. The van der Waals surface area contributed by atoms with E-state index < -0.39 is 0 Å². The molecule has 0 bridgehead atoms. The highest BCUT2D eigenvalue weighted by molar-refractivity contribution is 9.10. The Bertz CT molecular complexity index is 519. The van der Waals surface area contributed by atoms with Crippen molar-refractivity contribution in [3.05, 3.63) is 46.4 Å². The van der Waals surface area contributed by atoms with Gasteiger partial charge in [-0.3, -0.25) is 0 Å². The van der Waals surface area contributed by atoms with Crippen molar-refractivity contribution in [3.8, 4) is 0 Å². The highest BCUT2D eigenvalue weighted by Crippen LogP contribution is 2.31. The van der Waals surface area contributed by atoms with Crippen LogP contribution >= 0.6 is 15.9 Å². The number of benzene rings is 2. The van der Waals surface area contributed by atoms with Gasteiger partial charge in [-0.1, -0.05) is 46.3 Å². The normalized spacial score (nSPS) is 13.2. The third-order valence-corrected chi connectivity index (χ3v) is 3.51. The van der Waals surface area contributed by atoms with Crippen LogP contribution in [0.5, 0.6) is 0 Å². The van der Waals surface area contributed by atoms with Crippen molar-refractivity contribution >= 4 is 26.7 Å². The zero-order valence-corrected chi connectivity index (χ0v) is 12.0. The summed E-state index contributed by atoms with van der Waals surface area (Å²) in [6.45, 7) is 6.24. The van der Waals surface area contributed by atoms with E-state index in [1.165, 1.54) is 16.3 Å². The fourth-order valence-electron chi connectivity index (χ4n) is 2.12. The maximum absolute atomic E-state index is 5.87. The summed E-state index contributed by atoms with van der Waals surface area (Å²) >= 11 is 3.59. The van der Waals surface area contributed by atoms with Crippen molar-refractivity contribution < 1.29 is 4.74 Å². The first kappa shape index (κ1) is 12.6. The van der Waals surface area contributed by atoms with Gasteiger partial charge in [-0.25, -0.2) is 0 Å². The Morgan fingerprint density at radius 2 is 1.59 bits per heavy atom. The van der Waals surface area contributed by atoms with E-state index in [0.29, 0.717) is 0 Å². The molecule has 0 aromatic heterocycles. The molecule has 0 saturated carbocycles. The molecule has 0 saturated heterocycles. The second-order valence-electron chi connectivity index (χ2n) is 4.51. The summed E-state index contributed by atoms with van der Waals surface area (Å²) in [7, 11) is 0. The molecule has 0 aliphatic carbocycles. The molecule has 0 spiro atoms. The minimum absolute atomic E-state index is 0.119. The number of hydrogen-bond donors (Lipinski definition) is 0. The average Bonchev–Trinajstić information content (AvgIpc) is 2.29. The van der Waals surface area contributed by atoms with Gasteiger partial charge in [0.15, 0.2) is 0 Å². The lowest BCUT2D eigenvalue weighted by molar-refractivity contribution is 0.0187. The number of ether oxygens (including phenoxy) is 1. The van der Waals surface area contributed by atoms with Gasteiger partial charge in [0.2, 0.25) is 0 Å². The Balaban J connectivity index is 2.51. The van der Waals surface area contributed by atoms with Crippen molar-refractivity contribution in [2.75, 3.05) is 0 Å². The van der Waals surface area contributed by atoms with Crippen LogP contribution in [0.25, 0.3) is 10.8 Å². The van der Waals surface area contributed by atoms with Crippen molar-refractivity contribution in [1.82, 2.24) is 0 Å². The molecule has 0 heterocycles. The molecule has 2 aromatic carbocycles. The third-order valence-electron chi connectivity index (χ3n) is 2.82. The van der Waals surface area contributed by atoms with Crippen LogP contribution in [0.15, 0.2) is 40.9 Å². The van der Waals surface area contributed by atoms with Crippen molar-refractivity contribution in [2.24, 2.45) is 0 Å². The van der Waals surface area contributed by atoms with E-state index in [1.807, 2.05) is 0 Å². The first-order valence-corrected chi connectivity index (χ1v) is 6.71. The molecule has 17 heavy (non-hydrogen) atoms. The molecule has 2 aromatic rings. The highest BCUT2D eigenvalue weighted by Gasteiger charge is 2.12. The van der Waals surface area contributed by atoms with Crippen LogP contribution in [0.3, 0.4) is 0 Å². The first-order valence-electron chi connectivity index (χ1n) is 5.92. The summed E-state index contributed by atoms with van der Waals surface area (Å²) in [5.74, 6) is 0. The van der Waals surface area contributed by atoms with Gasteiger partial charge in [0.05, 0.1) is 12.2 Å². The second-order valence-corrected chi connectivity index (χ2v) is 5.36. The molecule has 0 fully saturated rings. The SMILES string of the molecule is CC(C)OC(C)c1ccc(Br)c2ccccc12. The monoisotopic (exact) mass is 292 g/mol. The molecule has 1 atom stereocenters. The molecule has 2 heteroatoms. The Morgan fingerprint density at radius 3 is 2.24 bits per heavy atom. The zero-order valence-electron chi connectivity index (χ0n) is 10.4. The van der Waals surface area contributed by atoms with Crippen LogP contribution in [0.4, 0.5) is 0 Å². The highest BCUT2D eigenvalue weighted by atomic mass is 79.9. The van der Waals surface area contributed by atoms with E-state index in [0.717, 1.165) is 4.47 Å². The van der Waals surface area contributed by atoms with Gasteiger partial charge in [-0.2, -0.15) is 0 Å². The third kappa shape index (κ3) is 2.70. The van der Waals surface area contributed by atoms with E-state index in [9.17, 15) is 0 Å². The molecule has 0 amide bonds. The molecule has 0 N–H and O–H groups in total. The van der Waals surface area contributed by atoms with Crippen molar-refractivity contribution in [1.29, 1.82) is 0 Å². The lowest BCUT2D eigenvalue weighted by atomic mass is 10.0. The van der Waals surface area contributed by atoms with Crippen LogP contribution in [0, 0.1) is 0 Å². The maximum atomic E-state index is 5.87. The Kier molecular flexibility index (Phi) is 3.85. The largest absolute Gasteiger partial charge is 0.371 e. The fraction of sp³-hybridized carbons (Fsp3) is 0.333. The predicted octanol–water partition coefficient (Wildman–Crippen LogP) is 5.09. The van der Waals surface area contributed by atoms with E-state index >= 15 is 0 Å². The van der Waals surface area contributed by atoms with Crippen LogP contribution in [0.1, 0.15) is 32.4 Å². The minimum Gasteiger partial charge on any atom is -0.371 e. The van der Waals surface area contributed by atoms with Gasteiger partial charge in [-0.15, -0.1) is 0 Å². The first-order chi connectivity index (χ1) is 8.09. The molecule has 1 unspecified atom stereocenters. The number of rotatable bonds is 3. The molecule has 0 radical (unpaired) electrons. The van der Waals surface area contributed by atoms with Crippen LogP contribution in [-0.4, -0.2) is 6.10 Å². The lowest BCUT2D eigenvalue weighted by Gasteiger charge is -2.18. The van der Waals surface area contributed by atoms with Gasteiger partial charge >= 0.3 is 0 Å². The summed E-state index contributed by atoms with van der Waals surface area (Å²) in [5, 5.41) is 2.50. The predicted molar refractivity (Wildman–Crippen MR) is 76.3 cm³/mol. The van der Waals surface area contributed by atoms with Gasteiger partial charge in [0.25, 0.3) is 0 Å². The van der Waals surface area contributed by atoms with Crippen molar-refractivity contribution in [3.63, 3.8) is 0 Å². The number of fused-ring (bicyclic) bond motifs is 1. The van der Waals surface area contributed by atoms with Gasteiger partial charge < -0.3 is 4.74 Å². The van der Waals surface area contributed by atoms with Crippen LogP contribution in [-0.2, 0) is 4.74 Å². The summed E-state index contributed by atoms with van der Waals surface area (Å²) in [5.41, 5.74) is 1.25. The molecule has 0 aliphatic rings. The molecule has 2 rings (SSSR count). The van der Waals surface area contributed by atoms with Gasteiger partial charge in [0.1, 0.15) is 0 Å². The average molecular weight is 293 g/mol. The summed E-state index contributed by atoms with van der Waals surface area (Å²) in [6, 6.07) is 12.6. The molecule has 0 aliphatic heterocycles. The van der Waals surface area contributed by atoms with Gasteiger partial charge in [0, 0.05) is 4.47 Å². The Labute approximate surface area is 111 Å². The fourth-order valence-corrected chi connectivity index (χ4v) is 2.60. The molecular weight excluding hydrogens is 276 g/mol. The van der Waals surface area contributed by atoms with E-state index in [4.69, 9.17) is 4.74 Å². The van der Waals surface area contributed by atoms with E-state index in [1.54, 1.807) is 0 Å². The smallest absolute Gasteiger partial charge is 0.0806 e. The summed E-state index contributed by atoms with van der Waals surface area (Å²) < 4.78 is 7.00. The topological polar surface area (TPSA) is 9.23 Å². The molecule has 1 nitrogen and oxygen atoms in total. The van der Waals surface area contributed by atoms with E-state index in [-0.39, 0.29) is 12.2 Å². The van der Waals surface area contributed by atoms with Crippen LogP contribution < -0.4 is 0 Å². The Hall–Kier alpha value is -0.860. The van der Waals surface area contributed by atoms with Crippen LogP contribution in [0.2, 0.25) is 0 Å². The minimum atomic E-state index is 0.119. The summed E-state index contributed by atoms with van der Waals surface area (Å²) in [4.78, 5) is 0. The summed E-state index contributed by atoms with van der Waals surface area (Å²) in [6.07, 6.45) is 0.361. The molecular formula is C15H17BrO. The zero-order chi connectivity index (χ0) is 12.4. The number of hydrogen-bond acceptors (Lipinski definition) is 1. The number of halogens is 1. The Morgan fingerprint density at radius 1 is 0.941 bits per heavy atom. The standard InChI is InChI=1S/C15H17BrO/c1-10(2)17-11(3)12-8-9-15(16)14-7-5-4-6-13(12)14/h4-11H,1-3H3. The van der Waals surface area contributed by atoms with E-state index in [2.05, 4.69) is 73.1 Å².